The van der Waals surface area contributed by atoms with Crippen LogP contribution in [0.1, 0.15) is 18.5 Å². The maximum Gasteiger partial charge on any atom is 0.322 e. The van der Waals surface area contributed by atoms with E-state index in [1.807, 2.05) is 13.0 Å². The first-order chi connectivity index (χ1) is 13.8. The highest BCUT2D eigenvalue weighted by atomic mass is 32.2. The van der Waals surface area contributed by atoms with E-state index < -0.39 is 10.0 Å². The van der Waals surface area contributed by atoms with Crippen molar-refractivity contribution in [2.24, 2.45) is 13.0 Å². The summed E-state index contributed by atoms with van der Waals surface area (Å²) in [6, 6.07) is 5.12. The molecule has 0 spiro atoms. The number of carbonyl (C=O) groups is 1. The van der Waals surface area contributed by atoms with E-state index in [0.29, 0.717) is 35.8 Å². The molecule has 0 bridgehead atoms. The third-order valence-electron chi connectivity index (χ3n) is 4.79. The number of aryl methyl sites for hydroxylation is 2. The molecule has 0 aliphatic carbocycles. The molecule has 0 unspecified atom stereocenters. The Morgan fingerprint density at radius 1 is 1.31 bits per heavy atom. The van der Waals surface area contributed by atoms with Gasteiger partial charge in [-0.25, -0.2) is 8.42 Å². The summed E-state index contributed by atoms with van der Waals surface area (Å²) in [5.41, 5.74) is 1.47. The molecule has 0 aromatic carbocycles. The van der Waals surface area contributed by atoms with Crippen molar-refractivity contribution in [1.29, 1.82) is 0 Å². The first-order valence-corrected chi connectivity index (χ1v) is 11.4. The minimum absolute atomic E-state index is 0.0116. The zero-order valence-corrected chi connectivity index (χ0v) is 17.5. The highest BCUT2D eigenvalue weighted by Gasteiger charge is 2.33. The lowest BCUT2D eigenvalue weighted by molar-refractivity contribution is -0.121. The normalized spacial score (nSPS) is 16.2. The second kappa shape index (κ2) is 7.69. The van der Waals surface area contributed by atoms with Crippen molar-refractivity contribution in [3.63, 3.8) is 0 Å². The fourth-order valence-electron chi connectivity index (χ4n) is 3.29. The lowest BCUT2D eigenvalue weighted by Crippen LogP contribution is -2.41. The van der Waals surface area contributed by atoms with E-state index in [2.05, 4.69) is 20.6 Å². The average molecular weight is 437 g/mol. The third kappa shape index (κ3) is 3.95. The highest BCUT2D eigenvalue weighted by Crippen LogP contribution is 2.27. The predicted octanol–water partition coefficient (Wildman–Crippen LogP) is 1.88. The molecule has 12 heteroatoms. The molecule has 1 N–H and O–H groups in total. The summed E-state index contributed by atoms with van der Waals surface area (Å²) in [7, 11) is -1.72. The van der Waals surface area contributed by atoms with Crippen molar-refractivity contribution in [1.82, 2.24) is 24.3 Å². The van der Waals surface area contributed by atoms with Gasteiger partial charge in [-0.1, -0.05) is 11.2 Å². The molecule has 4 heterocycles. The Labute approximate surface area is 171 Å². The molecule has 154 valence electrons. The molecule has 0 saturated carbocycles. The second-order valence-corrected chi connectivity index (χ2v) is 9.92. The van der Waals surface area contributed by atoms with Crippen molar-refractivity contribution in [3.05, 3.63) is 29.3 Å². The van der Waals surface area contributed by atoms with Gasteiger partial charge in [-0.2, -0.15) is 9.40 Å². The molecule has 0 radical (unpaired) electrons. The van der Waals surface area contributed by atoms with Gasteiger partial charge in [-0.3, -0.25) is 14.8 Å². The summed E-state index contributed by atoms with van der Waals surface area (Å²) >= 11 is 1.19. The van der Waals surface area contributed by atoms with Gasteiger partial charge in [0.25, 0.3) is 15.9 Å². The van der Waals surface area contributed by atoms with Gasteiger partial charge in [0.2, 0.25) is 5.91 Å². The molecule has 3 aromatic rings. The fraction of sp³-hybridized carbons (Fsp3) is 0.412. The predicted molar refractivity (Wildman–Crippen MR) is 106 cm³/mol. The number of carbonyl (C=O) groups excluding carboxylic acids is 1. The molecule has 1 fully saturated rings. The van der Waals surface area contributed by atoms with E-state index in [1.54, 1.807) is 29.2 Å². The molecule has 1 saturated heterocycles. The molecule has 4 rings (SSSR count). The summed E-state index contributed by atoms with van der Waals surface area (Å²) in [6.45, 7) is 2.44. The van der Waals surface area contributed by atoms with Crippen LogP contribution in [0.25, 0.3) is 11.6 Å². The Bertz CT molecular complexity index is 1110. The molecule has 29 heavy (non-hydrogen) atoms. The third-order valence-corrected chi connectivity index (χ3v) is 8.06. The number of amides is 1. The maximum atomic E-state index is 12.6. The largest absolute Gasteiger partial charge is 0.401 e. The Morgan fingerprint density at radius 2 is 2.07 bits per heavy atom. The van der Waals surface area contributed by atoms with Crippen molar-refractivity contribution in [2.75, 3.05) is 18.4 Å². The Balaban J connectivity index is 1.37. The van der Waals surface area contributed by atoms with Crippen LogP contribution in [0.4, 0.5) is 6.01 Å². The number of nitrogens with one attached hydrogen (secondary N) is 1. The first kappa shape index (κ1) is 19.7. The van der Waals surface area contributed by atoms with Crippen LogP contribution in [-0.2, 0) is 21.9 Å². The van der Waals surface area contributed by atoms with Gasteiger partial charge in [0.05, 0.1) is 5.69 Å². The van der Waals surface area contributed by atoms with Gasteiger partial charge in [0.15, 0.2) is 0 Å². The van der Waals surface area contributed by atoms with Crippen LogP contribution in [0.3, 0.4) is 0 Å². The summed E-state index contributed by atoms with van der Waals surface area (Å²) in [5, 5.41) is 16.4. The van der Waals surface area contributed by atoms with Crippen LogP contribution in [0.5, 0.6) is 0 Å². The molecular weight excluding hydrogens is 416 g/mol. The Kier molecular flexibility index (Phi) is 5.23. The zero-order valence-electron chi connectivity index (χ0n) is 15.9. The number of piperidine rings is 1. The quantitative estimate of drug-likeness (QED) is 0.648. The number of hydrogen-bond donors (Lipinski definition) is 1. The molecule has 3 aromatic heterocycles. The van der Waals surface area contributed by atoms with Crippen molar-refractivity contribution >= 4 is 33.3 Å². The summed E-state index contributed by atoms with van der Waals surface area (Å²) in [4.78, 5) is 12.5. The van der Waals surface area contributed by atoms with Gasteiger partial charge in [0.1, 0.15) is 9.90 Å². The molecule has 1 amide bonds. The van der Waals surface area contributed by atoms with Gasteiger partial charge >= 0.3 is 6.01 Å². The SMILES string of the molecule is Cc1cc(-c2nnc(NC(=O)C3CCN(S(=O)(=O)c4cccs4)CC3)o2)n(C)n1. The minimum atomic E-state index is -3.49. The molecule has 1 aliphatic heterocycles. The smallest absolute Gasteiger partial charge is 0.322 e. The number of nitrogens with zero attached hydrogens (tertiary/aromatic N) is 5. The van der Waals surface area contributed by atoms with E-state index in [1.165, 1.54) is 15.6 Å². The molecule has 10 nitrogen and oxygen atoms in total. The fourth-order valence-corrected chi connectivity index (χ4v) is 5.91. The lowest BCUT2D eigenvalue weighted by Gasteiger charge is -2.29. The van der Waals surface area contributed by atoms with Crippen LogP contribution in [-0.4, -0.2) is 51.7 Å². The van der Waals surface area contributed by atoms with Gasteiger partial charge in [-0.05, 0) is 37.3 Å². The first-order valence-electron chi connectivity index (χ1n) is 9.03. The van der Waals surface area contributed by atoms with E-state index >= 15 is 0 Å². The van der Waals surface area contributed by atoms with Gasteiger partial charge in [-0.15, -0.1) is 16.4 Å². The number of hydrogen-bond acceptors (Lipinski definition) is 8. The van der Waals surface area contributed by atoms with E-state index in [-0.39, 0.29) is 23.7 Å². The number of thiophene rings is 1. The number of aromatic nitrogens is 4. The summed E-state index contributed by atoms with van der Waals surface area (Å²) < 4.78 is 34.1. The number of rotatable bonds is 5. The number of sulfonamides is 1. The monoisotopic (exact) mass is 436 g/mol. The molecule has 1 aliphatic rings. The minimum Gasteiger partial charge on any atom is -0.401 e. The van der Waals surface area contributed by atoms with Crippen LogP contribution in [0, 0.1) is 12.8 Å². The summed E-state index contributed by atoms with van der Waals surface area (Å²) in [5.74, 6) is -0.311. The molecular formula is C17H20N6O4S2. The maximum absolute atomic E-state index is 12.6. The van der Waals surface area contributed by atoms with Crippen LogP contribution >= 0.6 is 11.3 Å². The second-order valence-electron chi connectivity index (χ2n) is 6.81. The van der Waals surface area contributed by atoms with E-state index in [0.717, 1.165) is 5.69 Å². The average Bonchev–Trinajstić information content (AvgIpc) is 3.43. The van der Waals surface area contributed by atoms with E-state index in [4.69, 9.17) is 4.42 Å². The Hall–Kier alpha value is -2.57. The van der Waals surface area contributed by atoms with Crippen molar-refractivity contribution in [2.45, 2.75) is 24.0 Å². The van der Waals surface area contributed by atoms with Gasteiger partial charge < -0.3 is 4.42 Å². The van der Waals surface area contributed by atoms with Gasteiger partial charge in [0, 0.05) is 26.1 Å². The Morgan fingerprint density at radius 3 is 2.69 bits per heavy atom. The highest BCUT2D eigenvalue weighted by molar-refractivity contribution is 7.91. The summed E-state index contributed by atoms with van der Waals surface area (Å²) in [6.07, 6.45) is 0.858. The molecule has 0 atom stereocenters. The standard InChI is InChI=1S/C17H20N6O4S2/c1-11-10-13(22(2)21-11)16-19-20-17(27-16)18-15(24)12-5-7-23(8-6-12)29(25,26)14-4-3-9-28-14/h3-4,9-10,12H,5-8H2,1-2H3,(H,18,20,24). The van der Waals surface area contributed by atoms with E-state index in [9.17, 15) is 13.2 Å². The van der Waals surface area contributed by atoms with Crippen molar-refractivity contribution < 1.29 is 17.6 Å². The van der Waals surface area contributed by atoms with Crippen LogP contribution in [0.15, 0.2) is 32.2 Å². The zero-order chi connectivity index (χ0) is 20.6. The van der Waals surface area contributed by atoms with Crippen molar-refractivity contribution in [3.8, 4) is 11.6 Å². The van der Waals surface area contributed by atoms with Crippen LogP contribution < -0.4 is 5.32 Å². The topological polar surface area (TPSA) is 123 Å². The van der Waals surface area contributed by atoms with Crippen LogP contribution in [0.2, 0.25) is 0 Å². The number of anilines is 1. The lowest BCUT2D eigenvalue weighted by atomic mass is 9.97.